The Hall–Kier alpha value is -3.18. The molecule has 0 aliphatic heterocycles. The van der Waals surface area contributed by atoms with Gasteiger partial charge in [0, 0.05) is 12.7 Å². The number of aromatic nitrogens is 1. The molecule has 1 unspecified atom stereocenters. The van der Waals surface area contributed by atoms with E-state index in [4.69, 9.17) is 14.5 Å². The molecule has 0 aliphatic rings. The van der Waals surface area contributed by atoms with Crippen LogP contribution in [0.15, 0.2) is 60.7 Å². The molecule has 3 aromatic rings. The molecule has 0 spiro atoms. The molecule has 150 valence electrons. The lowest BCUT2D eigenvalue weighted by Gasteiger charge is -2.21. The lowest BCUT2D eigenvalue weighted by molar-refractivity contribution is 0.0504. The van der Waals surface area contributed by atoms with Gasteiger partial charge >= 0.3 is 5.97 Å². The molecule has 2 aromatic carbocycles. The second-order valence-corrected chi connectivity index (χ2v) is 6.53. The fourth-order valence-electron chi connectivity index (χ4n) is 3.38. The Bertz CT molecular complexity index is 967. The van der Waals surface area contributed by atoms with E-state index in [1.54, 1.807) is 14.0 Å². The van der Waals surface area contributed by atoms with Gasteiger partial charge < -0.3 is 14.6 Å². The first-order chi connectivity index (χ1) is 14.1. The summed E-state index contributed by atoms with van der Waals surface area (Å²) < 4.78 is 10.8. The topological polar surface area (TPSA) is 68.7 Å². The predicted octanol–water partition coefficient (Wildman–Crippen LogP) is 5.40. The average Bonchev–Trinajstić information content (AvgIpc) is 2.75. The minimum absolute atomic E-state index is 0.0547. The molecular weight excluding hydrogens is 366 g/mol. The van der Waals surface area contributed by atoms with Crippen molar-refractivity contribution >= 4 is 5.97 Å². The number of aromatic hydroxyl groups is 1. The third-order valence-corrected chi connectivity index (χ3v) is 4.75. The van der Waals surface area contributed by atoms with E-state index >= 15 is 0 Å². The molecule has 3 rings (SSSR count). The minimum Gasteiger partial charge on any atom is -0.506 e. The van der Waals surface area contributed by atoms with Crippen molar-refractivity contribution in [3.63, 3.8) is 0 Å². The highest BCUT2D eigenvalue weighted by Gasteiger charge is 2.30. The highest BCUT2D eigenvalue weighted by molar-refractivity contribution is 5.99. The van der Waals surface area contributed by atoms with Gasteiger partial charge in [0.15, 0.2) is 0 Å². The fourth-order valence-corrected chi connectivity index (χ4v) is 3.38. The summed E-state index contributed by atoms with van der Waals surface area (Å²) in [5.74, 6) is -0.756. The van der Waals surface area contributed by atoms with Gasteiger partial charge in [-0.1, -0.05) is 67.6 Å². The first kappa shape index (κ1) is 20.6. The maximum Gasteiger partial charge on any atom is 0.343 e. The van der Waals surface area contributed by atoms with E-state index in [9.17, 15) is 9.90 Å². The number of carbonyl (C=O) groups is 1. The molecule has 5 heteroatoms. The summed E-state index contributed by atoms with van der Waals surface area (Å²) in [6, 6.07) is 19.0. The smallest absolute Gasteiger partial charge is 0.343 e. The first-order valence-electron chi connectivity index (χ1n) is 9.69. The number of hydrogen-bond acceptors (Lipinski definition) is 5. The van der Waals surface area contributed by atoms with Crippen LogP contribution in [0.1, 0.15) is 42.4 Å². The Kier molecular flexibility index (Phi) is 6.62. The van der Waals surface area contributed by atoms with E-state index in [1.165, 1.54) is 0 Å². The summed E-state index contributed by atoms with van der Waals surface area (Å²) in [7, 11) is 1.56. The van der Waals surface area contributed by atoms with Crippen molar-refractivity contribution in [2.45, 2.75) is 26.4 Å². The zero-order chi connectivity index (χ0) is 20.8. The van der Waals surface area contributed by atoms with Crippen molar-refractivity contribution in [3.05, 3.63) is 71.9 Å². The Morgan fingerprint density at radius 1 is 1.00 bits per heavy atom. The van der Waals surface area contributed by atoms with Gasteiger partial charge in [0.25, 0.3) is 0 Å². The van der Waals surface area contributed by atoms with Crippen LogP contribution >= 0.6 is 0 Å². The Morgan fingerprint density at radius 3 is 2.10 bits per heavy atom. The van der Waals surface area contributed by atoms with Crippen molar-refractivity contribution in [1.82, 2.24) is 4.98 Å². The number of benzene rings is 2. The summed E-state index contributed by atoms with van der Waals surface area (Å²) in [5.41, 5.74) is 3.12. The molecule has 0 fully saturated rings. The summed E-state index contributed by atoms with van der Waals surface area (Å²) in [5, 5.41) is 11.3. The highest BCUT2D eigenvalue weighted by atomic mass is 16.5. The summed E-state index contributed by atoms with van der Waals surface area (Å²) in [6.45, 7) is 3.86. The first-order valence-corrected chi connectivity index (χ1v) is 9.69. The van der Waals surface area contributed by atoms with Crippen LogP contribution in [0, 0.1) is 0 Å². The van der Waals surface area contributed by atoms with Gasteiger partial charge in [-0.2, -0.15) is 0 Å². The molecule has 1 atom stereocenters. The second kappa shape index (κ2) is 9.34. The molecule has 0 radical (unpaired) electrons. The maximum absolute atomic E-state index is 12.8. The van der Waals surface area contributed by atoms with Crippen LogP contribution in [0.25, 0.3) is 22.4 Å². The van der Waals surface area contributed by atoms with Crippen LogP contribution in [0.3, 0.4) is 0 Å². The lowest BCUT2D eigenvalue weighted by atomic mass is 9.93. The van der Waals surface area contributed by atoms with E-state index in [0.29, 0.717) is 23.4 Å². The van der Waals surface area contributed by atoms with Crippen molar-refractivity contribution in [3.8, 4) is 28.1 Å². The molecule has 0 saturated carbocycles. The van der Waals surface area contributed by atoms with Crippen molar-refractivity contribution in [2.75, 3.05) is 13.7 Å². The van der Waals surface area contributed by atoms with Crippen molar-refractivity contribution < 1.29 is 19.4 Å². The average molecular weight is 391 g/mol. The number of ether oxygens (including phenoxy) is 2. The number of pyridine rings is 1. The third-order valence-electron chi connectivity index (χ3n) is 4.75. The van der Waals surface area contributed by atoms with Gasteiger partial charge in [-0.3, -0.25) is 0 Å². The van der Waals surface area contributed by atoms with E-state index < -0.39 is 12.1 Å². The van der Waals surface area contributed by atoms with Gasteiger partial charge in [-0.15, -0.1) is 0 Å². The van der Waals surface area contributed by atoms with Crippen LogP contribution in [0.5, 0.6) is 5.75 Å². The summed E-state index contributed by atoms with van der Waals surface area (Å²) in [4.78, 5) is 17.6. The summed E-state index contributed by atoms with van der Waals surface area (Å²) in [6.07, 6.45) is 0.140. The zero-order valence-corrected chi connectivity index (χ0v) is 16.9. The highest BCUT2D eigenvalue weighted by Crippen LogP contribution is 2.43. The second-order valence-electron chi connectivity index (χ2n) is 6.53. The molecule has 0 amide bonds. The molecule has 1 heterocycles. The predicted molar refractivity (Wildman–Crippen MR) is 113 cm³/mol. The Morgan fingerprint density at radius 2 is 1.59 bits per heavy atom. The zero-order valence-electron chi connectivity index (χ0n) is 16.9. The van der Waals surface area contributed by atoms with E-state index in [-0.39, 0.29) is 17.9 Å². The van der Waals surface area contributed by atoms with Crippen LogP contribution in [0.4, 0.5) is 0 Å². The van der Waals surface area contributed by atoms with Gasteiger partial charge in [0.2, 0.25) is 0 Å². The number of nitrogens with zero attached hydrogens (tertiary/aromatic N) is 1. The SMILES string of the molecule is CCOC(=O)c1c(C(CC)OC)nc(-c2ccccc2)c(-c2ccccc2)c1O. The van der Waals surface area contributed by atoms with Crippen LogP contribution in [-0.2, 0) is 9.47 Å². The van der Waals surface area contributed by atoms with E-state index in [0.717, 1.165) is 11.1 Å². The molecule has 29 heavy (non-hydrogen) atoms. The van der Waals surface area contributed by atoms with E-state index in [2.05, 4.69) is 0 Å². The third kappa shape index (κ3) is 4.15. The molecular formula is C24H25NO4. The number of esters is 1. The van der Waals surface area contributed by atoms with Gasteiger partial charge in [0.05, 0.1) is 29.7 Å². The van der Waals surface area contributed by atoms with Crippen LogP contribution < -0.4 is 0 Å². The number of hydrogen-bond donors (Lipinski definition) is 1. The van der Waals surface area contributed by atoms with Gasteiger partial charge in [0.1, 0.15) is 11.3 Å². The van der Waals surface area contributed by atoms with Crippen molar-refractivity contribution in [2.24, 2.45) is 0 Å². The number of rotatable bonds is 7. The largest absolute Gasteiger partial charge is 0.506 e. The minimum atomic E-state index is -0.611. The molecule has 1 aromatic heterocycles. The number of carbonyl (C=O) groups excluding carboxylic acids is 1. The summed E-state index contributed by atoms with van der Waals surface area (Å²) >= 11 is 0. The standard InChI is InChI=1S/C24H25NO4/c1-4-18(28-3)22-20(24(27)29-5-2)23(26)19(16-12-8-6-9-13-16)21(25-22)17-14-10-7-11-15-17/h6-15,18H,4-5H2,1-3H3,(H,25,26). The maximum atomic E-state index is 12.8. The number of methoxy groups -OCH3 is 1. The van der Waals surface area contributed by atoms with Crippen LogP contribution in [0.2, 0.25) is 0 Å². The van der Waals surface area contributed by atoms with E-state index in [1.807, 2.05) is 67.6 Å². The molecule has 1 N–H and O–H groups in total. The van der Waals surface area contributed by atoms with Gasteiger partial charge in [-0.05, 0) is 18.9 Å². The van der Waals surface area contributed by atoms with Crippen LogP contribution in [-0.4, -0.2) is 29.8 Å². The fraction of sp³-hybridized carbons (Fsp3) is 0.250. The molecule has 0 saturated heterocycles. The normalized spacial score (nSPS) is 11.8. The Labute approximate surface area is 171 Å². The molecule has 0 aliphatic carbocycles. The lowest BCUT2D eigenvalue weighted by Crippen LogP contribution is -2.15. The van der Waals surface area contributed by atoms with Crippen molar-refractivity contribution in [1.29, 1.82) is 0 Å². The molecule has 0 bridgehead atoms. The monoisotopic (exact) mass is 391 g/mol. The molecule has 5 nitrogen and oxygen atoms in total. The van der Waals surface area contributed by atoms with Gasteiger partial charge in [-0.25, -0.2) is 9.78 Å². The Balaban J connectivity index is 2.39. The quantitative estimate of drug-likeness (QED) is 0.547.